The van der Waals surface area contributed by atoms with E-state index in [9.17, 15) is 4.79 Å². The first kappa shape index (κ1) is 16.5. The first-order valence-corrected chi connectivity index (χ1v) is 8.25. The minimum atomic E-state index is -0.0568. The molecule has 3 heterocycles. The molecule has 1 amide bonds. The van der Waals surface area contributed by atoms with E-state index in [1.807, 2.05) is 12.3 Å². The van der Waals surface area contributed by atoms with E-state index in [0.29, 0.717) is 6.61 Å². The molecule has 1 aromatic rings. The summed E-state index contributed by atoms with van der Waals surface area (Å²) >= 11 is 0. The summed E-state index contributed by atoms with van der Waals surface area (Å²) in [6.07, 6.45) is 6.51. The van der Waals surface area contributed by atoms with Crippen molar-refractivity contribution < 1.29 is 18.7 Å². The number of piperidine rings is 1. The van der Waals surface area contributed by atoms with Crippen molar-refractivity contribution in [2.24, 2.45) is 0 Å². The third-order valence-electron chi connectivity index (χ3n) is 4.87. The molecule has 3 rings (SSSR count). The fourth-order valence-corrected chi connectivity index (χ4v) is 3.34. The zero-order valence-electron chi connectivity index (χ0n) is 14.0. The van der Waals surface area contributed by atoms with Crippen LogP contribution in [0.1, 0.15) is 24.8 Å². The Morgan fingerprint density at radius 1 is 1.43 bits per heavy atom. The zero-order valence-corrected chi connectivity index (χ0v) is 14.0. The van der Waals surface area contributed by atoms with Crippen LogP contribution in [-0.4, -0.2) is 67.8 Å². The van der Waals surface area contributed by atoms with Gasteiger partial charge in [0, 0.05) is 45.7 Å². The molecule has 23 heavy (non-hydrogen) atoms. The predicted octanol–water partition coefficient (Wildman–Crippen LogP) is 1.51. The number of nitrogens with zero attached hydrogens (tertiary/aromatic N) is 2. The van der Waals surface area contributed by atoms with Gasteiger partial charge in [-0.15, -0.1) is 0 Å². The zero-order chi connectivity index (χ0) is 16.3. The minimum absolute atomic E-state index is 0.000816. The van der Waals surface area contributed by atoms with Gasteiger partial charge in [-0.2, -0.15) is 0 Å². The first-order valence-electron chi connectivity index (χ1n) is 8.25. The van der Waals surface area contributed by atoms with Crippen molar-refractivity contribution in [1.29, 1.82) is 0 Å². The Bertz CT molecular complexity index is 507. The summed E-state index contributed by atoms with van der Waals surface area (Å²) in [4.78, 5) is 15.6. The molecule has 0 aromatic carbocycles. The van der Waals surface area contributed by atoms with Gasteiger partial charge in [-0.3, -0.25) is 9.69 Å². The van der Waals surface area contributed by atoms with Crippen LogP contribution in [0.4, 0.5) is 0 Å². The molecule has 2 aliphatic heterocycles. The topological polar surface area (TPSA) is 55.2 Å². The van der Waals surface area contributed by atoms with Gasteiger partial charge in [0.25, 0.3) is 0 Å². The number of rotatable bonds is 5. The van der Waals surface area contributed by atoms with Gasteiger partial charge in [0.05, 0.1) is 30.8 Å². The summed E-state index contributed by atoms with van der Waals surface area (Å²) in [6, 6.07) is 2.02. The number of carbonyl (C=O) groups is 1. The molecule has 0 radical (unpaired) electrons. The van der Waals surface area contributed by atoms with E-state index < -0.39 is 0 Å². The third kappa shape index (κ3) is 4.13. The van der Waals surface area contributed by atoms with Gasteiger partial charge in [0.2, 0.25) is 5.91 Å². The maximum Gasteiger partial charge on any atom is 0.248 e. The molecule has 1 atom stereocenters. The average molecular weight is 322 g/mol. The summed E-state index contributed by atoms with van der Waals surface area (Å²) < 4.78 is 16.9. The lowest BCUT2D eigenvalue weighted by molar-refractivity contribution is -0.135. The normalized spacial score (nSPS) is 24.2. The second-order valence-corrected chi connectivity index (χ2v) is 6.83. The fourth-order valence-electron chi connectivity index (χ4n) is 3.34. The Labute approximate surface area is 137 Å². The van der Waals surface area contributed by atoms with Crippen LogP contribution in [0, 0.1) is 0 Å². The fraction of sp³-hybridized carbons (Fsp3) is 0.706. The molecule has 1 aromatic heterocycles. The van der Waals surface area contributed by atoms with E-state index in [-0.39, 0.29) is 24.2 Å². The molecule has 2 fully saturated rings. The molecule has 2 saturated heterocycles. The molecule has 2 aliphatic rings. The van der Waals surface area contributed by atoms with Crippen LogP contribution in [-0.2, 0) is 20.8 Å². The van der Waals surface area contributed by atoms with Gasteiger partial charge in [-0.05, 0) is 18.9 Å². The maximum absolute atomic E-state index is 11.6. The summed E-state index contributed by atoms with van der Waals surface area (Å²) in [7, 11) is 3.49. The van der Waals surface area contributed by atoms with Crippen molar-refractivity contribution in [2.75, 3.05) is 40.4 Å². The van der Waals surface area contributed by atoms with Crippen molar-refractivity contribution in [3.63, 3.8) is 0 Å². The molecular formula is C17H26N2O4. The molecule has 6 nitrogen and oxygen atoms in total. The molecule has 128 valence electrons. The number of amides is 1. The quantitative estimate of drug-likeness (QED) is 0.822. The van der Waals surface area contributed by atoms with Crippen LogP contribution in [0.2, 0.25) is 0 Å². The molecule has 0 bridgehead atoms. The molecule has 1 spiro atoms. The number of hydrogen-bond acceptors (Lipinski definition) is 5. The Hall–Kier alpha value is -1.37. The van der Waals surface area contributed by atoms with Crippen LogP contribution >= 0.6 is 0 Å². The predicted molar refractivity (Wildman–Crippen MR) is 85.0 cm³/mol. The Morgan fingerprint density at radius 2 is 2.22 bits per heavy atom. The van der Waals surface area contributed by atoms with Crippen molar-refractivity contribution in [3.8, 4) is 0 Å². The molecule has 0 saturated carbocycles. The molecule has 0 N–H and O–H groups in total. The smallest absolute Gasteiger partial charge is 0.248 e. The number of carbonyl (C=O) groups excluding carboxylic acids is 1. The van der Waals surface area contributed by atoms with Crippen LogP contribution in [0.15, 0.2) is 23.0 Å². The van der Waals surface area contributed by atoms with Gasteiger partial charge in [0.1, 0.15) is 6.61 Å². The number of furan rings is 1. The lowest BCUT2D eigenvalue weighted by Crippen LogP contribution is -2.44. The molecular weight excluding hydrogens is 296 g/mol. The maximum atomic E-state index is 11.6. The second kappa shape index (κ2) is 7.03. The van der Waals surface area contributed by atoms with Crippen molar-refractivity contribution in [1.82, 2.24) is 9.80 Å². The van der Waals surface area contributed by atoms with Crippen LogP contribution in [0.5, 0.6) is 0 Å². The Balaban J connectivity index is 1.43. The first-order chi connectivity index (χ1) is 11.1. The van der Waals surface area contributed by atoms with E-state index in [0.717, 1.165) is 38.9 Å². The lowest BCUT2D eigenvalue weighted by atomic mass is 9.88. The monoisotopic (exact) mass is 322 g/mol. The van der Waals surface area contributed by atoms with Crippen LogP contribution in [0.3, 0.4) is 0 Å². The number of hydrogen-bond donors (Lipinski definition) is 0. The van der Waals surface area contributed by atoms with Crippen LogP contribution < -0.4 is 0 Å². The summed E-state index contributed by atoms with van der Waals surface area (Å²) in [5.41, 5.74) is 1.16. The number of ether oxygens (including phenoxy) is 2. The average Bonchev–Trinajstić information content (AvgIpc) is 3.18. The standard InChI is InChI=1S/C17H26N2O4/c1-18(2)16(20)13-22-15-9-17(23-12-15)4-6-19(7-5-17)10-14-3-8-21-11-14/h3,8,11,15H,4-7,9-10,12-13H2,1-2H3/t15-/m0/s1. The SMILES string of the molecule is CN(C)C(=O)CO[C@@H]1COC2(CCN(Cc3ccoc3)CC2)C1. The van der Waals surface area contributed by atoms with Crippen molar-refractivity contribution in [3.05, 3.63) is 24.2 Å². The highest BCUT2D eigenvalue weighted by atomic mass is 16.6. The van der Waals surface area contributed by atoms with E-state index in [2.05, 4.69) is 4.90 Å². The van der Waals surface area contributed by atoms with Gasteiger partial charge in [-0.1, -0.05) is 0 Å². The van der Waals surface area contributed by atoms with E-state index in [1.165, 1.54) is 5.56 Å². The minimum Gasteiger partial charge on any atom is -0.472 e. The number of likely N-dealkylation sites (tertiary alicyclic amines) is 1. The van der Waals surface area contributed by atoms with E-state index >= 15 is 0 Å². The van der Waals surface area contributed by atoms with E-state index in [1.54, 1.807) is 25.3 Å². The lowest BCUT2D eigenvalue weighted by Gasteiger charge is -2.38. The van der Waals surface area contributed by atoms with Gasteiger partial charge in [-0.25, -0.2) is 0 Å². The van der Waals surface area contributed by atoms with Gasteiger partial charge in [0.15, 0.2) is 0 Å². The molecule has 0 unspecified atom stereocenters. The highest BCUT2D eigenvalue weighted by molar-refractivity contribution is 5.76. The highest BCUT2D eigenvalue weighted by Crippen LogP contribution is 2.37. The number of likely N-dealkylation sites (N-methyl/N-ethyl adjacent to an activating group) is 1. The summed E-state index contributed by atoms with van der Waals surface area (Å²) in [5, 5.41) is 0. The summed E-state index contributed by atoms with van der Waals surface area (Å²) in [5.74, 6) is 0.000816. The van der Waals surface area contributed by atoms with Crippen molar-refractivity contribution >= 4 is 5.91 Å². The summed E-state index contributed by atoms with van der Waals surface area (Å²) in [6.45, 7) is 3.72. The van der Waals surface area contributed by atoms with E-state index in [4.69, 9.17) is 13.9 Å². The van der Waals surface area contributed by atoms with Gasteiger partial charge >= 0.3 is 0 Å². The molecule has 0 aliphatic carbocycles. The van der Waals surface area contributed by atoms with Crippen molar-refractivity contribution in [2.45, 2.75) is 37.5 Å². The Morgan fingerprint density at radius 3 is 2.87 bits per heavy atom. The van der Waals surface area contributed by atoms with Gasteiger partial charge < -0.3 is 18.8 Å². The Kier molecular flexibility index (Phi) is 5.04. The highest BCUT2D eigenvalue weighted by Gasteiger charge is 2.43. The largest absolute Gasteiger partial charge is 0.472 e. The second-order valence-electron chi connectivity index (χ2n) is 6.83. The molecule has 6 heteroatoms. The van der Waals surface area contributed by atoms with Crippen LogP contribution in [0.25, 0.3) is 0 Å². The third-order valence-corrected chi connectivity index (χ3v) is 4.87.